The van der Waals surface area contributed by atoms with Gasteiger partial charge in [0.15, 0.2) is 8.32 Å². The topological polar surface area (TPSA) is 92.3 Å². The van der Waals surface area contributed by atoms with Gasteiger partial charge in [-0.25, -0.2) is 9.97 Å². The van der Waals surface area contributed by atoms with Gasteiger partial charge in [-0.3, -0.25) is 4.79 Å². The van der Waals surface area contributed by atoms with Crippen LogP contribution in [0, 0.1) is 0 Å². The molecular weight excluding hydrogens is 420 g/mol. The van der Waals surface area contributed by atoms with Crippen LogP contribution in [0.3, 0.4) is 0 Å². The van der Waals surface area contributed by atoms with Gasteiger partial charge in [0, 0.05) is 24.2 Å². The number of rotatable bonds is 10. The van der Waals surface area contributed by atoms with Crippen LogP contribution in [0.1, 0.15) is 44.1 Å². The molecule has 0 saturated heterocycles. The molecule has 0 fully saturated rings. The molecule has 3 rings (SSSR count). The van der Waals surface area contributed by atoms with E-state index in [9.17, 15) is 4.79 Å². The van der Waals surface area contributed by atoms with Gasteiger partial charge >= 0.3 is 0 Å². The van der Waals surface area contributed by atoms with Crippen molar-refractivity contribution in [1.82, 2.24) is 14.5 Å². The highest BCUT2D eigenvalue weighted by molar-refractivity contribution is 6.74. The fourth-order valence-electron chi connectivity index (χ4n) is 3.22. The second-order valence-corrected chi connectivity index (χ2v) is 14.4. The summed E-state index contributed by atoms with van der Waals surface area (Å²) in [7, 11) is -1.97. The van der Waals surface area contributed by atoms with Gasteiger partial charge in [0.05, 0.1) is 24.6 Å². The number of carbonyl (C=O) groups excluding carboxylic acids is 1. The Hall–Kier alpha value is -2.71. The molecule has 8 heteroatoms. The average molecular weight is 455 g/mol. The Morgan fingerprint density at radius 2 is 1.94 bits per heavy atom. The summed E-state index contributed by atoms with van der Waals surface area (Å²) in [6.45, 7) is 12.4. The van der Waals surface area contributed by atoms with E-state index in [2.05, 4.69) is 43.8 Å². The van der Waals surface area contributed by atoms with Crippen LogP contribution in [0.25, 0.3) is 10.9 Å². The zero-order valence-electron chi connectivity index (χ0n) is 19.7. The minimum atomic E-state index is -1.97. The molecule has 2 N–H and O–H groups in total. The maximum absolute atomic E-state index is 11.4. The first-order chi connectivity index (χ1) is 15.0. The lowest BCUT2D eigenvalue weighted by molar-refractivity contribution is 0.0995. The highest BCUT2D eigenvalue weighted by Gasteiger charge is 2.39. The number of benzene rings is 1. The number of nitrogens with two attached hydrogens (primary N) is 1. The Morgan fingerprint density at radius 1 is 1.19 bits per heavy atom. The third kappa shape index (κ3) is 6.17. The van der Waals surface area contributed by atoms with Crippen LogP contribution in [0.15, 0.2) is 48.9 Å². The molecule has 0 saturated carbocycles. The summed E-state index contributed by atoms with van der Waals surface area (Å²) < 4.78 is 14.5. The van der Waals surface area contributed by atoms with Gasteiger partial charge in [0.2, 0.25) is 5.88 Å². The molecule has 1 atom stereocenters. The van der Waals surface area contributed by atoms with Crippen LogP contribution in [0.5, 0.6) is 5.88 Å². The first-order valence-electron chi connectivity index (χ1n) is 11.0. The molecule has 1 aromatic carbocycles. The highest BCUT2D eigenvalue weighted by atomic mass is 28.4. The summed E-state index contributed by atoms with van der Waals surface area (Å²) in [5.41, 5.74) is 6.53. The molecule has 2 heterocycles. The third-order valence-corrected chi connectivity index (χ3v) is 10.6. The van der Waals surface area contributed by atoms with Crippen molar-refractivity contribution in [3.63, 3.8) is 0 Å². The van der Waals surface area contributed by atoms with Crippen LogP contribution >= 0.6 is 0 Å². The Labute approximate surface area is 191 Å². The van der Waals surface area contributed by atoms with E-state index < -0.39 is 14.2 Å². The third-order valence-electron chi connectivity index (χ3n) is 6.06. The molecule has 0 aliphatic heterocycles. The van der Waals surface area contributed by atoms with E-state index >= 15 is 0 Å². The van der Waals surface area contributed by atoms with Crippen molar-refractivity contribution in [2.75, 3.05) is 6.61 Å². The van der Waals surface area contributed by atoms with Gasteiger partial charge in [0.25, 0.3) is 5.91 Å². The number of nitrogens with zero attached hydrogens (tertiary/aromatic N) is 3. The molecule has 3 aromatic rings. The second kappa shape index (κ2) is 9.83. The SMILES string of the molecule is CC(C)(C)[Si](C)(C)OC(CCCOc1ccc2ccccc2n1)Cn1cnc(C(N)=O)c1. The molecule has 0 aliphatic rings. The van der Waals surface area contributed by atoms with Gasteiger partial charge < -0.3 is 19.5 Å². The standard InChI is InChI=1S/C24H34N4O3Si/c1-24(2,3)32(4,5)31-19(15-28-16-21(23(25)29)26-17-28)10-8-14-30-22-13-12-18-9-6-7-11-20(18)27-22/h6-7,9,11-13,16-17,19H,8,10,14-15H2,1-5H3,(H2,25,29). The summed E-state index contributed by atoms with van der Waals surface area (Å²) in [6, 6.07) is 11.9. The zero-order chi connectivity index (χ0) is 23.4. The molecule has 172 valence electrons. The lowest BCUT2D eigenvalue weighted by Crippen LogP contribution is -2.45. The number of para-hydroxylation sites is 1. The van der Waals surface area contributed by atoms with Gasteiger partial charge in [0.1, 0.15) is 5.69 Å². The Morgan fingerprint density at radius 3 is 2.62 bits per heavy atom. The Balaban J connectivity index is 1.62. The van der Waals surface area contributed by atoms with Gasteiger partial charge in [-0.15, -0.1) is 0 Å². The average Bonchev–Trinajstić information content (AvgIpc) is 3.19. The number of fused-ring (bicyclic) bond motifs is 1. The monoisotopic (exact) mass is 454 g/mol. The van der Waals surface area contributed by atoms with E-state index in [0.29, 0.717) is 19.0 Å². The fraction of sp³-hybridized carbons (Fsp3) is 0.458. The van der Waals surface area contributed by atoms with Crippen molar-refractivity contribution >= 4 is 25.1 Å². The number of hydrogen-bond acceptors (Lipinski definition) is 5. The van der Waals surface area contributed by atoms with Gasteiger partial charge in [-0.1, -0.05) is 39.0 Å². The predicted molar refractivity (Wildman–Crippen MR) is 129 cm³/mol. The molecule has 0 spiro atoms. The Kier molecular flexibility index (Phi) is 7.35. The first-order valence-corrected chi connectivity index (χ1v) is 13.9. The number of pyridine rings is 1. The van der Waals surface area contributed by atoms with Crippen molar-refractivity contribution in [3.05, 3.63) is 54.6 Å². The van der Waals surface area contributed by atoms with Crippen LogP contribution in [0.4, 0.5) is 0 Å². The van der Waals surface area contributed by atoms with Crippen molar-refractivity contribution < 1.29 is 14.0 Å². The summed E-state index contributed by atoms with van der Waals surface area (Å²) in [4.78, 5) is 20.0. The van der Waals surface area contributed by atoms with E-state index in [1.165, 1.54) is 0 Å². The molecule has 2 aromatic heterocycles. The van der Waals surface area contributed by atoms with E-state index in [1.807, 2.05) is 41.0 Å². The summed E-state index contributed by atoms with van der Waals surface area (Å²) >= 11 is 0. The molecule has 32 heavy (non-hydrogen) atoms. The maximum Gasteiger partial charge on any atom is 0.268 e. The molecule has 1 unspecified atom stereocenters. The molecular formula is C24H34N4O3Si. The highest BCUT2D eigenvalue weighted by Crippen LogP contribution is 2.38. The van der Waals surface area contributed by atoms with Crippen molar-refractivity contribution in [2.24, 2.45) is 5.73 Å². The minimum absolute atomic E-state index is 0.0148. The smallest absolute Gasteiger partial charge is 0.268 e. The number of ether oxygens (including phenoxy) is 1. The fourth-order valence-corrected chi connectivity index (χ4v) is 4.60. The predicted octanol–water partition coefficient (Wildman–Crippen LogP) is 4.78. The Bertz CT molecular complexity index is 1060. The lowest BCUT2D eigenvalue weighted by Gasteiger charge is -2.39. The summed E-state index contributed by atoms with van der Waals surface area (Å²) in [5.74, 6) is 0.105. The van der Waals surface area contributed by atoms with E-state index in [-0.39, 0.29) is 16.8 Å². The maximum atomic E-state index is 11.4. The van der Waals surface area contributed by atoms with Gasteiger partial charge in [-0.05, 0) is 43.1 Å². The number of primary amides is 1. The summed E-state index contributed by atoms with van der Waals surface area (Å²) in [6.07, 6.45) is 4.95. The van der Waals surface area contributed by atoms with E-state index in [4.69, 9.17) is 14.9 Å². The number of carbonyl (C=O) groups is 1. The number of hydrogen-bond donors (Lipinski definition) is 1. The number of aromatic nitrogens is 3. The molecule has 0 radical (unpaired) electrons. The molecule has 1 amide bonds. The van der Waals surface area contributed by atoms with E-state index in [1.54, 1.807) is 12.5 Å². The quantitative estimate of drug-likeness (QED) is 0.351. The second-order valence-electron chi connectivity index (χ2n) is 9.65. The van der Waals surface area contributed by atoms with Crippen molar-refractivity contribution in [1.29, 1.82) is 0 Å². The lowest BCUT2D eigenvalue weighted by atomic mass is 10.2. The normalized spacial score (nSPS) is 13.3. The van der Waals surface area contributed by atoms with Crippen LogP contribution in [-0.2, 0) is 11.0 Å². The zero-order valence-corrected chi connectivity index (χ0v) is 20.7. The van der Waals surface area contributed by atoms with Gasteiger partial charge in [-0.2, -0.15) is 0 Å². The van der Waals surface area contributed by atoms with Crippen LogP contribution < -0.4 is 10.5 Å². The minimum Gasteiger partial charge on any atom is -0.478 e. The first kappa shape index (κ1) is 23.9. The number of amides is 1. The van der Waals surface area contributed by atoms with E-state index in [0.717, 1.165) is 23.7 Å². The molecule has 7 nitrogen and oxygen atoms in total. The largest absolute Gasteiger partial charge is 0.478 e. The van der Waals surface area contributed by atoms with Crippen molar-refractivity contribution in [3.8, 4) is 5.88 Å². The molecule has 0 bridgehead atoms. The van der Waals surface area contributed by atoms with Crippen molar-refractivity contribution in [2.45, 2.75) is 64.4 Å². The van der Waals surface area contributed by atoms with Crippen LogP contribution in [-0.4, -0.2) is 41.5 Å². The number of imidazole rings is 1. The molecule has 0 aliphatic carbocycles. The summed E-state index contributed by atoms with van der Waals surface area (Å²) in [5, 5.41) is 1.20. The van der Waals surface area contributed by atoms with Crippen LogP contribution in [0.2, 0.25) is 18.1 Å².